The number of rotatable bonds is 2. The predicted molar refractivity (Wildman–Crippen MR) is 72.9 cm³/mol. The normalized spacial score (nSPS) is 15.3. The number of methoxy groups -OCH3 is 1. The summed E-state index contributed by atoms with van der Waals surface area (Å²) < 4.78 is 19.3. The number of hydrogen-bond acceptors (Lipinski definition) is 2. The topological polar surface area (TPSA) is 54.5 Å². The van der Waals surface area contributed by atoms with Crippen molar-refractivity contribution in [2.45, 2.75) is 0 Å². The number of benzene rings is 1. The first-order valence-electron chi connectivity index (χ1n) is 5.95. The number of carbonyl (C=O) groups is 1. The second-order valence-corrected chi connectivity index (χ2v) is 4.37. The number of nitrogens with one attached hydrogen (secondary N) is 1. The highest BCUT2D eigenvalue weighted by atomic mass is 19.1. The van der Waals surface area contributed by atoms with E-state index in [1.807, 2.05) is 0 Å². The van der Waals surface area contributed by atoms with Crippen molar-refractivity contribution in [3.8, 4) is 5.75 Å². The van der Waals surface area contributed by atoms with E-state index in [0.717, 1.165) is 0 Å². The van der Waals surface area contributed by atoms with E-state index in [1.54, 1.807) is 24.4 Å². The Kier molecular flexibility index (Phi) is 2.75. The SMILES string of the molecule is C=c1ccc2c(c1F)/C(=C/c1[nH]ccc1OC)C(=O)N=2. The molecule has 2 heterocycles. The Labute approximate surface area is 113 Å². The molecule has 0 fully saturated rings. The minimum Gasteiger partial charge on any atom is -0.495 e. The number of aromatic amines is 1. The molecule has 2 aromatic rings. The second kappa shape index (κ2) is 4.45. The zero-order chi connectivity index (χ0) is 14.3. The quantitative estimate of drug-likeness (QED) is 0.836. The summed E-state index contributed by atoms with van der Waals surface area (Å²) in [6.07, 6.45) is 3.22. The molecular formula is C15H11FN2O2. The predicted octanol–water partition coefficient (Wildman–Crippen LogP) is 1.27. The van der Waals surface area contributed by atoms with E-state index in [1.165, 1.54) is 13.2 Å². The third kappa shape index (κ3) is 1.75. The molecule has 0 radical (unpaired) electrons. The van der Waals surface area contributed by atoms with Crippen LogP contribution in [0.1, 0.15) is 11.3 Å². The van der Waals surface area contributed by atoms with Gasteiger partial charge in [0.1, 0.15) is 11.6 Å². The summed E-state index contributed by atoms with van der Waals surface area (Å²) in [6.45, 7) is 3.60. The smallest absolute Gasteiger partial charge is 0.278 e. The largest absolute Gasteiger partial charge is 0.495 e. The van der Waals surface area contributed by atoms with Crippen LogP contribution in [0.15, 0.2) is 29.4 Å². The monoisotopic (exact) mass is 270 g/mol. The second-order valence-electron chi connectivity index (χ2n) is 4.37. The highest BCUT2D eigenvalue weighted by Gasteiger charge is 2.24. The van der Waals surface area contributed by atoms with Gasteiger partial charge in [-0.3, -0.25) is 4.79 Å². The van der Waals surface area contributed by atoms with Crippen molar-refractivity contribution < 1.29 is 13.9 Å². The molecule has 1 aliphatic heterocycles. The number of amides is 1. The first-order valence-corrected chi connectivity index (χ1v) is 5.95. The molecule has 0 bridgehead atoms. The summed E-state index contributed by atoms with van der Waals surface area (Å²) in [7, 11) is 1.52. The first kappa shape index (κ1) is 12.3. The molecular weight excluding hydrogens is 259 g/mol. The van der Waals surface area contributed by atoms with Crippen LogP contribution in [0.2, 0.25) is 0 Å². The van der Waals surface area contributed by atoms with Gasteiger partial charge in [0.15, 0.2) is 0 Å². The zero-order valence-electron chi connectivity index (χ0n) is 10.7. The highest BCUT2D eigenvalue weighted by Crippen LogP contribution is 2.25. The molecule has 5 heteroatoms. The van der Waals surface area contributed by atoms with Crippen LogP contribution >= 0.6 is 0 Å². The van der Waals surface area contributed by atoms with Crippen molar-refractivity contribution in [2.75, 3.05) is 7.11 Å². The summed E-state index contributed by atoms with van der Waals surface area (Å²) in [5.74, 6) is -0.417. The Morgan fingerprint density at radius 1 is 1.40 bits per heavy atom. The van der Waals surface area contributed by atoms with Crippen LogP contribution in [0.4, 0.5) is 4.39 Å². The maximum absolute atomic E-state index is 14.2. The van der Waals surface area contributed by atoms with Gasteiger partial charge in [-0.05, 0) is 18.2 Å². The molecule has 100 valence electrons. The van der Waals surface area contributed by atoms with E-state index >= 15 is 0 Å². The Hall–Kier alpha value is -2.69. The number of carbonyl (C=O) groups excluding carboxylic acids is 1. The van der Waals surface area contributed by atoms with Crippen LogP contribution in [0.3, 0.4) is 0 Å². The fraction of sp³-hybridized carbons (Fsp3) is 0.0667. The van der Waals surface area contributed by atoms with Crippen LogP contribution < -0.4 is 15.3 Å². The molecule has 0 atom stereocenters. The molecule has 3 rings (SSSR count). The van der Waals surface area contributed by atoms with E-state index in [2.05, 4.69) is 16.6 Å². The van der Waals surface area contributed by atoms with E-state index < -0.39 is 11.7 Å². The van der Waals surface area contributed by atoms with Gasteiger partial charge in [0, 0.05) is 17.0 Å². The number of nitrogens with zero attached hydrogens (tertiary/aromatic N) is 1. The number of halogens is 1. The number of ether oxygens (including phenoxy) is 1. The van der Waals surface area contributed by atoms with Gasteiger partial charge in [0.05, 0.1) is 23.7 Å². The fourth-order valence-electron chi connectivity index (χ4n) is 2.17. The van der Waals surface area contributed by atoms with E-state index in [9.17, 15) is 9.18 Å². The van der Waals surface area contributed by atoms with Crippen molar-refractivity contribution in [1.82, 2.24) is 4.98 Å². The van der Waals surface area contributed by atoms with Crippen LogP contribution in [0.5, 0.6) is 5.75 Å². The molecule has 0 unspecified atom stereocenters. The van der Waals surface area contributed by atoms with Gasteiger partial charge < -0.3 is 9.72 Å². The third-order valence-corrected chi connectivity index (χ3v) is 3.17. The number of H-pyrrole nitrogens is 1. The van der Waals surface area contributed by atoms with Crippen LogP contribution in [0.25, 0.3) is 18.2 Å². The Bertz CT molecular complexity index is 849. The molecule has 1 aromatic heterocycles. The summed E-state index contributed by atoms with van der Waals surface area (Å²) >= 11 is 0. The van der Waals surface area contributed by atoms with Gasteiger partial charge >= 0.3 is 0 Å². The minimum absolute atomic E-state index is 0.194. The van der Waals surface area contributed by atoms with Crippen molar-refractivity contribution in [2.24, 2.45) is 4.99 Å². The lowest BCUT2D eigenvalue weighted by molar-refractivity contribution is -0.112. The van der Waals surface area contributed by atoms with Crippen molar-refractivity contribution >= 4 is 24.1 Å². The molecule has 0 aliphatic carbocycles. The molecule has 0 spiro atoms. The van der Waals surface area contributed by atoms with Gasteiger partial charge in [0.25, 0.3) is 5.91 Å². The molecule has 20 heavy (non-hydrogen) atoms. The molecule has 0 saturated heterocycles. The minimum atomic E-state index is -0.520. The Morgan fingerprint density at radius 2 is 2.20 bits per heavy atom. The summed E-state index contributed by atoms with van der Waals surface area (Å²) in [6, 6.07) is 4.81. The van der Waals surface area contributed by atoms with Crippen molar-refractivity contribution in [3.05, 3.63) is 52.0 Å². The number of hydrogen-bond donors (Lipinski definition) is 1. The Morgan fingerprint density at radius 3 is 2.95 bits per heavy atom. The van der Waals surface area contributed by atoms with E-state index in [4.69, 9.17) is 4.74 Å². The van der Waals surface area contributed by atoms with Gasteiger partial charge in [0.2, 0.25) is 0 Å². The third-order valence-electron chi connectivity index (χ3n) is 3.17. The average molecular weight is 270 g/mol. The number of aromatic nitrogens is 1. The fourth-order valence-corrected chi connectivity index (χ4v) is 2.17. The molecule has 1 N–H and O–H groups in total. The van der Waals surface area contributed by atoms with Gasteiger partial charge in [-0.15, -0.1) is 0 Å². The van der Waals surface area contributed by atoms with Crippen LogP contribution in [0, 0.1) is 5.82 Å². The van der Waals surface area contributed by atoms with Gasteiger partial charge in [-0.25, -0.2) is 9.38 Å². The van der Waals surface area contributed by atoms with Crippen LogP contribution in [-0.2, 0) is 4.79 Å². The van der Waals surface area contributed by atoms with Crippen LogP contribution in [-0.4, -0.2) is 18.0 Å². The van der Waals surface area contributed by atoms with Gasteiger partial charge in [-0.1, -0.05) is 12.6 Å². The lowest BCUT2D eigenvalue weighted by Crippen LogP contribution is -2.16. The maximum atomic E-state index is 14.2. The standard InChI is InChI=1S/C15H11FN2O2/c1-8-3-4-10-13(14(8)16)9(15(19)18-10)7-11-12(20-2)5-6-17-11/h3-7,17H,1H2,2H3/b9-7-. The summed E-state index contributed by atoms with van der Waals surface area (Å²) in [4.78, 5) is 18.7. The maximum Gasteiger partial charge on any atom is 0.278 e. The highest BCUT2D eigenvalue weighted by molar-refractivity contribution is 6.26. The van der Waals surface area contributed by atoms with E-state index in [0.29, 0.717) is 16.8 Å². The molecule has 0 saturated carbocycles. The van der Waals surface area contributed by atoms with Crippen molar-refractivity contribution in [1.29, 1.82) is 0 Å². The molecule has 1 aromatic carbocycles. The first-order chi connectivity index (χ1) is 9.61. The number of fused-ring (bicyclic) bond motifs is 1. The Balaban J connectivity index is 2.23. The molecule has 1 amide bonds. The summed E-state index contributed by atoms with van der Waals surface area (Å²) in [5, 5.41) is 0.565. The molecule has 1 aliphatic rings. The van der Waals surface area contributed by atoms with Crippen molar-refractivity contribution in [3.63, 3.8) is 0 Å². The lowest BCUT2D eigenvalue weighted by atomic mass is 10.0. The zero-order valence-corrected chi connectivity index (χ0v) is 10.7. The van der Waals surface area contributed by atoms with E-state index in [-0.39, 0.29) is 16.4 Å². The molecule has 4 nitrogen and oxygen atoms in total. The lowest BCUT2D eigenvalue weighted by Gasteiger charge is -2.02. The average Bonchev–Trinajstić information content (AvgIpc) is 3.00. The summed E-state index contributed by atoms with van der Waals surface area (Å²) in [5.41, 5.74) is 0.982. The van der Waals surface area contributed by atoms with Gasteiger partial charge in [-0.2, -0.15) is 0 Å².